The highest BCUT2D eigenvalue weighted by molar-refractivity contribution is 6.30. The SMILES string of the molecule is CC(C)Cc1nc(Cl)c(CCC(=O)O)n1C. The number of carboxylic acids is 1. The Kier molecular flexibility index (Phi) is 4.35. The van der Waals surface area contributed by atoms with Gasteiger partial charge in [-0.25, -0.2) is 4.98 Å². The summed E-state index contributed by atoms with van der Waals surface area (Å²) in [6.07, 6.45) is 1.36. The van der Waals surface area contributed by atoms with Crippen LogP contribution in [0.2, 0.25) is 5.15 Å². The Balaban J connectivity index is 2.84. The first-order valence-corrected chi connectivity index (χ1v) is 5.71. The average molecular weight is 245 g/mol. The number of nitrogens with zero attached hydrogens (tertiary/aromatic N) is 2. The molecule has 90 valence electrons. The number of aliphatic carboxylic acids is 1. The summed E-state index contributed by atoms with van der Waals surface area (Å²) in [7, 11) is 1.88. The number of halogens is 1. The number of carboxylic acid groups (broad SMARTS) is 1. The largest absolute Gasteiger partial charge is 0.481 e. The molecule has 16 heavy (non-hydrogen) atoms. The van der Waals surface area contributed by atoms with E-state index in [4.69, 9.17) is 16.7 Å². The molecule has 1 heterocycles. The Morgan fingerprint density at radius 2 is 2.19 bits per heavy atom. The van der Waals surface area contributed by atoms with Crippen LogP contribution in [0.1, 0.15) is 31.8 Å². The molecule has 0 bridgehead atoms. The van der Waals surface area contributed by atoms with Gasteiger partial charge in [-0.1, -0.05) is 25.4 Å². The first-order valence-electron chi connectivity index (χ1n) is 5.33. The molecular weight excluding hydrogens is 228 g/mol. The molecule has 1 aromatic rings. The fourth-order valence-electron chi connectivity index (χ4n) is 1.59. The number of hydrogen-bond acceptors (Lipinski definition) is 2. The summed E-state index contributed by atoms with van der Waals surface area (Å²) >= 11 is 5.99. The van der Waals surface area contributed by atoms with Crippen LogP contribution >= 0.6 is 11.6 Å². The van der Waals surface area contributed by atoms with Crippen LogP contribution in [0, 0.1) is 5.92 Å². The van der Waals surface area contributed by atoms with E-state index in [1.54, 1.807) is 0 Å². The zero-order valence-electron chi connectivity index (χ0n) is 9.83. The van der Waals surface area contributed by atoms with Crippen molar-refractivity contribution < 1.29 is 9.90 Å². The van der Waals surface area contributed by atoms with Crippen LogP contribution in [0.3, 0.4) is 0 Å². The summed E-state index contributed by atoms with van der Waals surface area (Å²) in [6, 6.07) is 0. The molecule has 1 N–H and O–H groups in total. The fourth-order valence-corrected chi connectivity index (χ4v) is 1.91. The Bertz CT molecular complexity index is 386. The van der Waals surface area contributed by atoms with Gasteiger partial charge in [0.25, 0.3) is 0 Å². The van der Waals surface area contributed by atoms with Crippen molar-refractivity contribution in [2.75, 3.05) is 0 Å². The van der Waals surface area contributed by atoms with Crippen molar-refractivity contribution >= 4 is 17.6 Å². The second kappa shape index (κ2) is 5.34. The summed E-state index contributed by atoms with van der Waals surface area (Å²) in [6.45, 7) is 4.22. The van der Waals surface area contributed by atoms with E-state index in [9.17, 15) is 4.79 Å². The maximum atomic E-state index is 10.5. The third kappa shape index (κ3) is 3.23. The third-order valence-corrected chi connectivity index (χ3v) is 2.73. The molecule has 0 aliphatic carbocycles. The Hall–Kier alpha value is -1.03. The maximum Gasteiger partial charge on any atom is 0.303 e. The number of aromatic nitrogens is 2. The molecule has 0 saturated carbocycles. The van der Waals surface area contributed by atoms with Gasteiger partial charge in [-0.3, -0.25) is 4.79 Å². The first kappa shape index (κ1) is 13.0. The monoisotopic (exact) mass is 244 g/mol. The van der Waals surface area contributed by atoms with E-state index in [1.807, 2.05) is 11.6 Å². The number of rotatable bonds is 5. The minimum Gasteiger partial charge on any atom is -0.481 e. The van der Waals surface area contributed by atoms with Gasteiger partial charge in [-0.2, -0.15) is 0 Å². The minimum atomic E-state index is -0.817. The van der Waals surface area contributed by atoms with Gasteiger partial charge < -0.3 is 9.67 Å². The molecule has 4 nitrogen and oxygen atoms in total. The van der Waals surface area contributed by atoms with Crippen LogP contribution in [0.5, 0.6) is 0 Å². The van der Waals surface area contributed by atoms with Gasteiger partial charge in [0.05, 0.1) is 12.1 Å². The van der Waals surface area contributed by atoms with Gasteiger partial charge in [0.2, 0.25) is 0 Å². The quantitative estimate of drug-likeness (QED) is 0.865. The van der Waals surface area contributed by atoms with E-state index in [2.05, 4.69) is 18.8 Å². The van der Waals surface area contributed by atoms with Crippen molar-refractivity contribution in [1.29, 1.82) is 0 Å². The predicted octanol–water partition coefficient (Wildman–Crippen LogP) is 2.29. The van der Waals surface area contributed by atoms with Crippen molar-refractivity contribution in [2.45, 2.75) is 33.1 Å². The molecule has 0 fully saturated rings. The Labute approximate surface area is 100 Å². The minimum absolute atomic E-state index is 0.0837. The number of hydrogen-bond donors (Lipinski definition) is 1. The summed E-state index contributed by atoms with van der Waals surface area (Å²) < 4.78 is 1.91. The van der Waals surface area contributed by atoms with Gasteiger partial charge in [0.15, 0.2) is 5.15 Å². The van der Waals surface area contributed by atoms with Crippen LogP contribution in [0.4, 0.5) is 0 Å². The molecule has 0 spiro atoms. The van der Waals surface area contributed by atoms with Crippen molar-refractivity contribution in [3.63, 3.8) is 0 Å². The lowest BCUT2D eigenvalue weighted by Crippen LogP contribution is -2.07. The molecule has 1 rings (SSSR count). The molecule has 0 saturated heterocycles. The standard InChI is InChI=1S/C11H17ClN2O2/c1-7(2)6-9-13-11(12)8(14(9)3)4-5-10(15)16/h7H,4-6H2,1-3H3,(H,15,16). The Morgan fingerprint density at radius 1 is 1.56 bits per heavy atom. The molecule has 0 atom stereocenters. The zero-order valence-corrected chi connectivity index (χ0v) is 10.6. The summed E-state index contributed by atoms with van der Waals surface area (Å²) in [4.78, 5) is 14.8. The molecule has 0 amide bonds. The average Bonchev–Trinajstić information content (AvgIpc) is 2.39. The molecule has 5 heteroatoms. The summed E-state index contributed by atoms with van der Waals surface area (Å²) in [5, 5.41) is 9.07. The van der Waals surface area contributed by atoms with Gasteiger partial charge >= 0.3 is 5.97 Å². The molecule has 0 aromatic carbocycles. The maximum absolute atomic E-state index is 10.5. The number of imidazole rings is 1. The van der Waals surface area contributed by atoms with Gasteiger partial charge in [0.1, 0.15) is 5.82 Å². The predicted molar refractivity (Wildman–Crippen MR) is 62.7 cm³/mol. The Morgan fingerprint density at radius 3 is 2.69 bits per heavy atom. The first-order chi connectivity index (χ1) is 7.41. The van der Waals surface area contributed by atoms with Crippen LogP contribution in [-0.2, 0) is 24.7 Å². The van der Waals surface area contributed by atoms with Crippen LogP contribution in [0.15, 0.2) is 0 Å². The second-order valence-electron chi connectivity index (χ2n) is 4.32. The van der Waals surface area contributed by atoms with E-state index < -0.39 is 5.97 Å². The summed E-state index contributed by atoms with van der Waals surface area (Å²) in [5.74, 6) is 0.604. The van der Waals surface area contributed by atoms with Crippen molar-refractivity contribution in [1.82, 2.24) is 9.55 Å². The van der Waals surface area contributed by atoms with Crippen molar-refractivity contribution in [3.8, 4) is 0 Å². The van der Waals surface area contributed by atoms with Crippen molar-refractivity contribution in [2.24, 2.45) is 13.0 Å². The van der Waals surface area contributed by atoms with Crippen LogP contribution in [-0.4, -0.2) is 20.6 Å². The molecule has 0 radical (unpaired) electrons. The van der Waals surface area contributed by atoms with Gasteiger partial charge in [-0.05, 0) is 5.92 Å². The van der Waals surface area contributed by atoms with E-state index in [1.165, 1.54) is 0 Å². The normalized spacial score (nSPS) is 11.1. The van der Waals surface area contributed by atoms with E-state index in [0.717, 1.165) is 17.9 Å². The highest BCUT2D eigenvalue weighted by Gasteiger charge is 2.14. The van der Waals surface area contributed by atoms with E-state index in [0.29, 0.717) is 17.5 Å². The van der Waals surface area contributed by atoms with Crippen molar-refractivity contribution in [3.05, 3.63) is 16.7 Å². The fraction of sp³-hybridized carbons (Fsp3) is 0.636. The summed E-state index contributed by atoms with van der Waals surface area (Å²) in [5.41, 5.74) is 0.805. The van der Waals surface area contributed by atoms with E-state index in [-0.39, 0.29) is 6.42 Å². The molecule has 1 aromatic heterocycles. The topological polar surface area (TPSA) is 55.1 Å². The third-order valence-electron chi connectivity index (χ3n) is 2.42. The molecule has 0 unspecified atom stereocenters. The van der Waals surface area contributed by atoms with Gasteiger partial charge in [-0.15, -0.1) is 0 Å². The lowest BCUT2D eigenvalue weighted by Gasteiger charge is -2.06. The van der Waals surface area contributed by atoms with Crippen LogP contribution in [0.25, 0.3) is 0 Å². The lowest BCUT2D eigenvalue weighted by molar-refractivity contribution is -0.136. The highest BCUT2D eigenvalue weighted by Crippen LogP contribution is 2.19. The smallest absolute Gasteiger partial charge is 0.303 e. The second-order valence-corrected chi connectivity index (χ2v) is 4.67. The lowest BCUT2D eigenvalue weighted by atomic mass is 10.1. The number of carbonyl (C=O) groups is 1. The van der Waals surface area contributed by atoms with Gasteiger partial charge in [0, 0.05) is 19.9 Å². The van der Waals surface area contributed by atoms with Crippen LogP contribution < -0.4 is 0 Å². The highest BCUT2D eigenvalue weighted by atomic mass is 35.5. The molecular formula is C11H17ClN2O2. The molecule has 0 aliphatic rings. The molecule has 0 aliphatic heterocycles. The zero-order chi connectivity index (χ0) is 12.3. The van der Waals surface area contributed by atoms with E-state index >= 15 is 0 Å².